The van der Waals surface area contributed by atoms with E-state index in [1.165, 1.54) is 12.1 Å². The molecule has 0 aliphatic carbocycles. The average Bonchev–Trinajstić information content (AvgIpc) is 3.01. The number of hydrogen-bond acceptors (Lipinski definition) is 3. The van der Waals surface area contributed by atoms with Crippen LogP contribution in [-0.2, 0) is 11.4 Å². The van der Waals surface area contributed by atoms with Crippen LogP contribution in [0.4, 0.5) is 14.9 Å². The Morgan fingerprint density at radius 2 is 1.77 bits per heavy atom. The summed E-state index contributed by atoms with van der Waals surface area (Å²) in [6.07, 6.45) is 1.58. The minimum absolute atomic E-state index is 0.149. The molecule has 0 unspecified atom stereocenters. The molecule has 1 fully saturated rings. The Morgan fingerprint density at radius 3 is 2.53 bits per heavy atom. The average molecular weight is 423 g/mol. The maximum atomic E-state index is 13.0. The third-order valence-corrected chi connectivity index (χ3v) is 4.67. The number of benzene rings is 3. The molecule has 1 aliphatic rings. The smallest absolute Gasteiger partial charge is 0.333 e. The lowest BCUT2D eigenvalue weighted by atomic mass is 10.1. The number of amides is 3. The van der Waals surface area contributed by atoms with Crippen LogP contribution < -0.4 is 15.0 Å². The van der Waals surface area contributed by atoms with Gasteiger partial charge in [0.05, 0.1) is 5.69 Å². The molecule has 1 saturated heterocycles. The molecular formula is C23H16ClFN2O3. The van der Waals surface area contributed by atoms with Crippen LogP contribution in [0.2, 0.25) is 5.02 Å². The zero-order valence-corrected chi connectivity index (χ0v) is 16.4. The number of urea groups is 1. The van der Waals surface area contributed by atoms with Gasteiger partial charge in [-0.15, -0.1) is 0 Å². The number of imide groups is 1. The Hall–Kier alpha value is -3.64. The first kappa shape index (κ1) is 19.7. The van der Waals surface area contributed by atoms with Crippen LogP contribution in [0.3, 0.4) is 0 Å². The van der Waals surface area contributed by atoms with Crippen molar-refractivity contribution in [3.63, 3.8) is 0 Å². The Balaban J connectivity index is 1.50. The first-order chi connectivity index (χ1) is 14.5. The van der Waals surface area contributed by atoms with E-state index in [2.05, 4.69) is 5.32 Å². The first-order valence-corrected chi connectivity index (χ1v) is 9.47. The zero-order chi connectivity index (χ0) is 21.1. The molecule has 3 aromatic rings. The van der Waals surface area contributed by atoms with Gasteiger partial charge in [-0.1, -0.05) is 41.9 Å². The SMILES string of the molecule is O=C1N/C(=C/c2cccc(OCc3ccc(F)cc3)c2)C(=O)N1c1cccc(Cl)c1. The third-order valence-electron chi connectivity index (χ3n) is 4.43. The number of carbonyl (C=O) groups is 2. The molecule has 0 aromatic heterocycles. The van der Waals surface area contributed by atoms with Gasteiger partial charge in [0.25, 0.3) is 5.91 Å². The van der Waals surface area contributed by atoms with E-state index in [1.807, 2.05) is 0 Å². The van der Waals surface area contributed by atoms with Crippen LogP contribution in [-0.4, -0.2) is 11.9 Å². The number of nitrogens with one attached hydrogen (secondary N) is 1. The Morgan fingerprint density at radius 1 is 1.00 bits per heavy atom. The molecule has 3 aromatic carbocycles. The quantitative estimate of drug-likeness (QED) is 0.456. The second-order valence-electron chi connectivity index (χ2n) is 6.60. The fraction of sp³-hybridized carbons (Fsp3) is 0.0435. The maximum absolute atomic E-state index is 13.0. The summed E-state index contributed by atoms with van der Waals surface area (Å²) in [6.45, 7) is 0.276. The van der Waals surface area contributed by atoms with Crippen LogP contribution in [0.5, 0.6) is 5.75 Å². The van der Waals surface area contributed by atoms with Crippen LogP contribution in [0, 0.1) is 5.82 Å². The molecule has 1 heterocycles. The molecule has 3 amide bonds. The van der Waals surface area contributed by atoms with Crippen LogP contribution in [0.15, 0.2) is 78.5 Å². The molecule has 7 heteroatoms. The topological polar surface area (TPSA) is 58.6 Å². The van der Waals surface area contributed by atoms with E-state index in [4.69, 9.17) is 16.3 Å². The van der Waals surface area contributed by atoms with Gasteiger partial charge in [-0.05, 0) is 59.7 Å². The molecule has 0 radical (unpaired) electrons. The van der Waals surface area contributed by atoms with Crippen molar-refractivity contribution < 1.29 is 18.7 Å². The van der Waals surface area contributed by atoms with E-state index < -0.39 is 11.9 Å². The van der Waals surface area contributed by atoms with Gasteiger partial charge < -0.3 is 10.1 Å². The van der Waals surface area contributed by atoms with Gasteiger partial charge in [-0.3, -0.25) is 4.79 Å². The monoisotopic (exact) mass is 422 g/mol. The Bertz CT molecular complexity index is 1150. The summed E-state index contributed by atoms with van der Waals surface area (Å²) >= 11 is 5.97. The molecule has 4 rings (SSSR count). The largest absolute Gasteiger partial charge is 0.489 e. The summed E-state index contributed by atoms with van der Waals surface area (Å²) in [5.41, 5.74) is 2.05. The van der Waals surface area contributed by atoms with Crippen LogP contribution in [0.25, 0.3) is 6.08 Å². The lowest BCUT2D eigenvalue weighted by Crippen LogP contribution is -2.30. The van der Waals surface area contributed by atoms with Crippen molar-refractivity contribution in [3.8, 4) is 5.75 Å². The fourth-order valence-electron chi connectivity index (χ4n) is 2.99. The van der Waals surface area contributed by atoms with Crippen molar-refractivity contribution in [1.29, 1.82) is 0 Å². The van der Waals surface area contributed by atoms with Gasteiger partial charge in [0.1, 0.15) is 23.9 Å². The van der Waals surface area contributed by atoms with Gasteiger partial charge in [0.2, 0.25) is 0 Å². The minimum atomic E-state index is -0.544. The molecule has 5 nitrogen and oxygen atoms in total. The predicted molar refractivity (Wildman–Crippen MR) is 113 cm³/mol. The van der Waals surface area contributed by atoms with Crippen molar-refractivity contribution in [2.24, 2.45) is 0 Å². The van der Waals surface area contributed by atoms with Crippen molar-refractivity contribution in [1.82, 2.24) is 5.32 Å². The predicted octanol–water partition coefficient (Wildman–Crippen LogP) is 5.16. The molecule has 0 spiro atoms. The highest BCUT2D eigenvalue weighted by atomic mass is 35.5. The van der Waals surface area contributed by atoms with E-state index in [1.54, 1.807) is 66.7 Å². The number of hydrogen-bond donors (Lipinski definition) is 1. The molecule has 30 heavy (non-hydrogen) atoms. The van der Waals surface area contributed by atoms with E-state index in [9.17, 15) is 14.0 Å². The van der Waals surface area contributed by atoms with E-state index in [0.717, 1.165) is 10.5 Å². The fourth-order valence-corrected chi connectivity index (χ4v) is 3.18. The normalized spacial score (nSPS) is 14.9. The Kier molecular flexibility index (Phi) is 5.50. The third kappa shape index (κ3) is 4.34. The lowest BCUT2D eigenvalue weighted by molar-refractivity contribution is -0.113. The second kappa shape index (κ2) is 8.39. The van der Waals surface area contributed by atoms with Crippen molar-refractivity contribution in [2.45, 2.75) is 6.61 Å². The summed E-state index contributed by atoms with van der Waals surface area (Å²) in [5.74, 6) is -0.195. The van der Waals surface area contributed by atoms with Crippen molar-refractivity contribution in [3.05, 3.63) is 100 Å². The van der Waals surface area contributed by atoms with Gasteiger partial charge in [-0.25, -0.2) is 14.1 Å². The standard InChI is InChI=1S/C23H16ClFN2O3/c24-17-4-2-5-19(13-17)27-22(28)21(26-23(27)29)12-16-3-1-6-20(11-16)30-14-15-7-9-18(25)10-8-15/h1-13H,14H2,(H,26,29)/b21-12+. The highest BCUT2D eigenvalue weighted by molar-refractivity contribution is 6.32. The summed E-state index contributed by atoms with van der Waals surface area (Å²) in [5, 5.41) is 3.01. The molecular weight excluding hydrogens is 407 g/mol. The molecule has 1 N–H and O–H groups in total. The highest BCUT2D eigenvalue weighted by Gasteiger charge is 2.34. The highest BCUT2D eigenvalue weighted by Crippen LogP contribution is 2.25. The van der Waals surface area contributed by atoms with E-state index >= 15 is 0 Å². The van der Waals surface area contributed by atoms with Gasteiger partial charge in [0, 0.05) is 5.02 Å². The molecule has 0 saturated carbocycles. The molecule has 1 aliphatic heterocycles. The van der Waals surface area contributed by atoms with Crippen LogP contribution >= 0.6 is 11.6 Å². The van der Waals surface area contributed by atoms with Crippen molar-refractivity contribution >= 4 is 35.3 Å². The Labute approximate surface area is 177 Å². The number of halogens is 2. The number of anilines is 1. The zero-order valence-electron chi connectivity index (χ0n) is 15.6. The van der Waals surface area contributed by atoms with Gasteiger partial charge in [0.15, 0.2) is 0 Å². The molecule has 0 atom stereocenters. The van der Waals surface area contributed by atoms with E-state index in [0.29, 0.717) is 22.0 Å². The number of ether oxygens (including phenoxy) is 1. The van der Waals surface area contributed by atoms with Crippen molar-refractivity contribution in [2.75, 3.05) is 4.90 Å². The summed E-state index contributed by atoms with van der Waals surface area (Å²) < 4.78 is 18.7. The molecule has 0 bridgehead atoms. The summed E-state index contributed by atoms with van der Waals surface area (Å²) in [4.78, 5) is 26.1. The number of carbonyl (C=O) groups excluding carboxylic acids is 2. The lowest BCUT2D eigenvalue weighted by Gasteiger charge is -2.11. The minimum Gasteiger partial charge on any atom is -0.489 e. The van der Waals surface area contributed by atoms with Gasteiger partial charge in [-0.2, -0.15) is 0 Å². The second-order valence-corrected chi connectivity index (χ2v) is 7.03. The van der Waals surface area contributed by atoms with Gasteiger partial charge >= 0.3 is 6.03 Å². The maximum Gasteiger partial charge on any atom is 0.333 e. The van der Waals surface area contributed by atoms with E-state index in [-0.39, 0.29) is 18.1 Å². The molecule has 150 valence electrons. The number of nitrogens with zero attached hydrogens (tertiary/aromatic N) is 1. The summed E-state index contributed by atoms with van der Waals surface area (Å²) in [7, 11) is 0. The number of rotatable bonds is 5. The summed E-state index contributed by atoms with van der Waals surface area (Å²) in [6, 6.07) is 19.1. The van der Waals surface area contributed by atoms with Crippen LogP contribution in [0.1, 0.15) is 11.1 Å². The first-order valence-electron chi connectivity index (χ1n) is 9.09.